The summed E-state index contributed by atoms with van der Waals surface area (Å²) in [6.45, 7) is 6.50. The van der Waals surface area contributed by atoms with Gasteiger partial charge >= 0.3 is 0 Å². The van der Waals surface area contributed by atoms with Crippen LogP contribution in [0.2, 0.25) is 0 Å². The Hall–Kier alpha value is -1.11. The molecule has 1 nitrogen and oxygen atoms in total. The van der Waals surface area contributed by atoms with Gasteiger partial charge in [-0.05, 0) is 24.3 Å². The number of hydrogen-bond acceptors (Lipinski definition) is 1. The van der Waals surface area contributed by atoms with E-state index in [-0.39, 0.29) is 5.78 Å². The molecule has 1 aromatic carbocycles. The summed E-state index contributed by atoms with van der Waals surface area (Å²) in [4.78, 5) is 11.9. The molecule has 1 atom stereocenters. The minimum absolute atomic E-state index is 0.281. The fraction of sp³-hybridized carbons (Fsp3) is 0.533. The molecule has 1 aromatic rings. The SMILES string of the molecule is CCc1ccc(C(=O)CC[C@H](C)CC)cc1. The van der Waals surface area contributed by atoms with Gasteiger partial charge in [0, 0.05) is 12.0 Å². The maximum atomic E-state index is 11.9. The number of aryl methyl sites for hydroxylation is 1. The van der Waals surface area contributed by atoms with Crippen molar-refractivity contribution < 1.29 is 4.79 Å². The normalized spacial score (nSPS) is 12.4. The van der Waals surface area contributed by atoms with Gasteiger partial charge in [0.1, 0.15) is 0 Å². The second-order valence-corrected chi connectivity index (χ2v) is 4.53. The van der Waals surface area contributed by atoms with Gasteiger partial charge in [-0.1, -0.05) is 51.5 Å². The predicted octanol–water partition coefficient (Wildman–Crippen LogP) is 4.26. The van der Waals surface area contributed by atoms with Crippen LogP contribution in [0.15, 0.2) is 24.3 Å². The van der Waals surface area contributed by atoms with Gasteiger partial charge in [0.25, 0.3) is 0 Å². The molecule has 0 amide bonds. The summed E-state index contributed by atoms with van der Waals surface area (Å²) < 4.78 is 0. The summed E-state index contributed by atoms with van der Waals surface area (Å²) in [5.41, 5.74) is 2.15. The first-order chi connectivity index (χ1) is 7.67. The van der Waals surface area contributed by atoms with Crippen LogP contribution < -0.4 is 0 Å². The Balaban J connectivity index is 2.52. The number of ketones is 1. The van der Waals surface area contributed by atoms with Crippen LogP contribution in [0.25, 0.3) is 0 Å². The zero-order valence-electron chi connectivity index (χ0n) is 10.6. The molecule has 0 aliphatic heterocycles. The molecule has 0 aromatic heterocycles. The largest absolute Gasteiger partial charge is 0.294 e. The van der Waals surface area contributed by atoms with Crippen molar-refractivity contribution in [3.8, 4) is 0 Å². The number of benzene rings is 1. The van der Waals surface area contributed by atoms with E-state index in [2.05, 4.69) is 32.9 Å². The van der Waals surface area contributed by atoms with Crippen molar-refractivity contribution in [3.05, 3.63) is 35.4 Å². The standard InChI is InChI=1S/C15H22O/c1-4-12(3)6-11-15(16)14-9-7-13(5-2)8-10-14/h7-10,12H,4-6,11H2,1-3H3/t12-/m1/s1. The van der Waals surface area contributed by atoms with Crippen molar-refractivity contribution in [2.45, 2.75) is 46.5 Å². The van der Waals surface area contributed by atoms with Crippen LogP contribution in [0.4, 0.5) is 0 Å². The highest BCUT2D eigenvalue weighted by Crippen LogP contribution is 2.13. The van der Waals surface area contributed by atoms with Gasteiger partial charge in [-0.25, -0.2) is 0 Å². The molecule has 0 N–H and O–H groups in total. The Morgan fingerprint density at radius 3 is 2.31 bits per heavy atom. The predicted molar refractivity (Wildman–Crippen MR) is 68.8 cm³/mol. The maximum Gasteiger partial charge on any atom is 0.162 e. The average molecular weight is 218 g/mol. The first kappa shape index (κ1) is 13.0. The zero-order valence-corrected chi connectivity index (χ0v) is 10.6. The molecule has 0 unspecified atom stereocenters. The van der Waals surface area contributed by atoms with Gasteiger partial charge in [-0.3, -0.25) is 4.79 Å². The molecule has 1 heteroatoms. The van der Waals surface area contributed by atoms with E-state index in [0.29, 0.717) is 12.3 Å². The van der Waals surface area contributed by atoms with Crippen molar-refractivity contribution >= 4 is 5.78 Å². The van der Waals surface area contributed by atoms with Crippen molar-refractivity contribution in [1.29, 1.82) is 0 Å². The van der Waals surface area contributed by atoms with Crippen LogP contribution in [0.1, 0.15) is 56.0 Å². The van der Waals surface area contributed by atoms with Gasteiger partial charge in [0.2, 0.25) is 0 Å². The molecule has 0 aliphatic carbocycles. The molecular weight excluding hydrogens is 196 g/mol. The van der Waals surface area contributed by atoms with Crippen molar-refractivity contribution in [2.24, 2.45) is 5.92 Å². The Bertz CT molecular complexity index is 324. The highest BCUT2D eigenvalue weighted by Gasteiger charge is 2.07. The number of carbonyl (C=O) groups is 1. The van der Waals surface area contributed by atoms with Crippen LogP contribution in [0.5, 0.6) is 0 Å². The molecule has 0 bridgehead atoms. The third kappa shape index (κ3) is 3.80. The maximum absolute atomic E-state index is 11.9. The average Bonchev–Trinajstić information content (AvgIpc) is 2.35. The Morgan fingerprint density at radius 1 is 1.19 bits per heavy atom. The van der Waals surface area contributed by atoms with E-state index in [0.717, 1.165) is 24.8 Å². The van der Waals surface area contributed by atoms with Crippen molar-refractivity contribution in [2.75, 3.05) is 0 Å². The third-order valence-electron chi connectivity index (χ3n) is 3.25. The minimum Gasteiger partial charge on any atom is -0.294 e. The molecule has 0 fully saturated rings. The van der Waals surface area contributed by atoms with Crippen LogP contribution in [-0.2, 0) is 6.42 Å². The highest BCUT2D eigenvalue weighted by atomic mass is 16.1. The summed E-state index contributed by atoms with van der Waals surface area (Å²) in [5, 5.41) is 0. The molecular formula is C15H22O. The van der Waals surface area contributed by atoms with E-state index in [4.69, 9.17) is 0 Å². The smallest absolute Gasteiger partial charge is 0.162 e. The molecule has 0 radical (unpaired) electrons. The van der Waals surface area contributed by atoms with Crippen LogP contribution in [-0.4, -0.2) is 5.78 Å². The van der Waals surface area contributed by atoms with E-state index < -0.39 is 0 Å². The van der Waals surface area contributed by atoms with Gasteiger partial charge in [0.05, 0.1) is 0 Å². The number of rotatable bonds is 6. The first-order valence-corrected chi connectivity index (χ1v) is 6.29. The van der Waals surface area contributed by atoms with Crippen LogP contribution in [0.3, 0.4) is 0 Å². The molecule has 0 aliphatic rings. The second kappa shape index (κ2) is 6.47. The zero-order chi connectivity index (χ0) is 12.0. The summed E-state index contributed by atoms with van der Waals surface area (Å²) in [6.07, 6.45) is 3.87. The molecule has 88 valence electrons. The molecule has 16 heavy (non-hydrogen) atoms. The minimum atomic E-state index is 0.281. The third-order valence-corrected chi connectivity index (χ3v) is 3.25. The summed E-state index contributed by atoms with van der Waals surface area (Å²) in [6, 6.07) is 8.02. The second-order valence-electron chi connectivity index (χ2n) is 4.53. The van der Waals surface area contributed by atoms with E-state index >= 15 is 0 Å². The quantitative estimate of drug-likeness (QED) is 0.652. The van der Waals surface area contributed by atoms with Gasteiger partial charge < -0.3 is 0 Å². The van der Waals surface area contributed by atoms with Crippen LogP contribution >= 0.6 is 0 Å². The fourth-order valence-electron chi connectivity index (χ4n) is 1.65. The lowest BCUT2D eigenvalue weighted by Crippen LogP contribution is -2.02. The number of Topliss-reactive ketones (excluding diaryl/α,β-unsaturated/α-hetero) is 1. The Kier molecular flexibility index (Phi) is 5.24. The summed E-state index contributed by atoms with van der Waals surface area (Å²) >= 11 is 0. The van der Waals surface area contributed by atoms with Crippen molar-refractivity contribution in [1.82, 2.24) is 0 Å². The Morgan fingerprint density at radius 2 is 1.81 bits per heavy atom. The highest BCUT2D eigenvalue weighted by molar-refractivity contribution is 5.96. The Labute approximate surface area is 98.9 Å². The lowest BCUT2D eigenvalue weighted by atomic mass is 9.97. The van der Waals surface area contributed by atoms with Gasteiger partial charge in [-0.15, -0.1) is 0 Å². The fourth-order valence-corrected chi connectivity index (χ4v) is 1.65. The van der Waals surface area contributed by atoms with Gasteiger partial charge in [0.15, 0.2) is 5.78 Å². The van der Waals surface area contributed by atoms with Gasteiger partial charge in [-0.2, -0.15) is 0 Å². The number of hydrogen-bond donors (Lipinski definition) is 0. The molecule has 0 saturated carbocycles. The first-order valence-electron chi connectivity index (χ1n) is 6.29. The monoisotopic (exact) mass is 218 g/mol. The molecule has 0 heterocycles. The van der Waals surface area contributed by atoms with E-state index in [1.807, 2.05) is 12.1 Å². The lowest BCUT2D eigenvalue weighted by molar-refractivity contribution is 0.0974. The topological polar surface area (TPSA) is 17.1 Å². The molecule has 0 saturated heterocycles. The van der Waals surface area contributed by atoms with E-state index in [1.165, 1.54) is 5.56 Å². The lowest BCUT2D eigenvalue weighted by Gasteiger charge is -2.07. The summed E-state index contributed by atoms with van der Waals surface area (Å²) in [7, 11) is 0. The van der Waals surface area contributed by atoms with E-state index in [1.54, 1.807) is 0 Å². The molecule has 1 rings (SSSR count). The number of carbonyl (C=O) groups excluding carboxylic acids is 1. The van der Waals surface area contributed by atoms with E-state index in [9.17, 15) is 4.79 Å². The summed E-state index contributed by atoms with van der Waals surface area (Å²) in [5.74, 6) is 0.932. The van der Waals surface area contributed by atoms with Crippen molar-refractivity contribution in [3.63, 3.8) is 0 Å². The molecule has 0 spiro atoms. The van der Waals surface area contributed by atoms with Crippen LogP contribution in [0, 0.1) is 5.92 Å².